The van der Waals surface area contributed by atoms with Crippen molar-refractivity contribution in [3.63, 3.8) is 0 Å². The summed E-state index contributed by atoms with van der Waals surface area (Å²) in [6.07, 6.45) is 6.37. The molecule has 1 atom stereocenters. The summed E-state index contributed by atoms with van der Waals surface area (Å²) >= 11 is 0. The fourth-order valence-corrected chi connectivity index (χ4v) is 4.63. The highest BCUT2D eigenvalue weighted by Gasteiger charge is 2.48. The number of rotatable bonds is 3. The molecular weight excluding hydrogens is 344 g/mol. The van der Waals surface area contributed by atoms with Gasteiger partial charge in [0.1, 0.15) is 11.7 Å². The Morgan fingerprint density at radius 2 is 2.07 bits per heavy atom. The minimum absolute atomic E-state index is 0.00917. The quantitative estimate of drug-likeness (QED) is 0.893. The molecule has 0 bridgehead atoms. The molecule has 0 unspecified atom stereocenters. The van der Waals surface area contributed by atoms with Crippen molar-refractivity contribution in [2.45, 2.75) is 45.7 Å². The highest BCUT2D eigenvalue weighted by Crippen LogP contribution is 2.44. The van der Waals surface area contributed by atoms with Gasteiger partial charge in [-0.15, -0.1) is 0 Å². The van der Waals surface area contributed by atoms with Crippen LogP contribution in [-0.2, 0) is 16.1 Å². The number of piperidine rings is 1. The van der Waals surface area contributed by atoms with Crippen molar-refractivity contribution < 1.29 is 14.7 Å². The van der Waals surface area contributed by atoms with Gasteiger partial charge in [-0.2, -0.15) is 0 Å². The first-order chi connectivity index (χ1) is 12.8. The van der Waals surface area contributed by atoms with Crippen LogP contribution in [0.2, 0.25) is 0 Å². The lowest BCUT2D eigenvalue weighted by molar-refractivity contribution is -0.142. The molecule has 2 saturated heterocycles. The van der Waals surface area contributed by atoms with Gasteiger partial charge in [-0.3, -0.25) is 14.5 Å². The lowest BCUT2D eigenvalue weighted by Crippen LogP contribution is -2.43. The summed E-state index contributed by atoms with van der Waals surface area (Å²) in [6, 6.07) is 3.58. The second kappa shape index (κ2) is 6.64. The van der Waals surface area contributed by atoms with Crippen molar-refractivity contribution in [2.24, 2.45) is 5.41 Å². The van der Waals surface area contributed by atoms with Crippen molar-refractivity contribution in [3.05, 3.63) is 35.8 Å². The number of fused-ring (bicyclic) bond motifs is 1. The fraction of sp³-hybridized carbons (Fsp3) is 0.550. The molecule has 27 heavy (non-hydrogen) atoms. The molecule has 0 aromatic carbocycles. The largest absolute Gasteiger partial charge is 0.480 e. The van der Waals surface area contributed by atoms with Crippen molar-refractivity contribution in [2.75, 3.05) is 19.6 Å². The number of aliphatic carboxylic acids is 1. The number of pyridine rings is 1. The van der Waals surface area contributed by atoms with Gasteiger partial charge in [0.15, 0.2) is 0 Å². The average molecular weight is 370 g/mol. The number of imidazole rings is 1. The summed E-state index contributed by atoms with van der Waals surface area (Å²) in [5.41, 5.74) is 2.93. The number of likely N-dealkylation sites (tertiary alicyclic amines) is 2. The van der Waals surface area contributed by atoms with Crippen LogP contribution in [-0.4, -0.2) is 61.8 Å². The van der Waals surface area contributed by atoms with Gasteiger partial charge in [0.05, 0.1) is 5.69 Å². The molecule has 2 aliphatic rings. The van der Waals surface area contributed by atoms with Crippen LogP contribution in [0.4, 0.5) is 0 Å². The zero-order chi connectivity index (χ0) is 19.2. The van der Waals surface area contributed by atoms with Gasteiger partial charge in [0.25, 0.3) is 0 Å². The van der Waals surface area contributed by atoms with Crippen LogP contribution in [0.25, 0.3) is 5.65 Å². The highest BCUT2D eigenvalue weighted by atomic mass is 16.4. The summed E-state index contributed by atoms with van der Waals surface area (Å²) in [6.45, 7) is 6.38. The van der Waals surface area contributed by atoms with E-state index in [9.17, 15) is 14.7 Å². The predicted octanol–water partition coefficient (Wildman–Crippen LogP) is 1.93. The molecule has 144 valence electrons. The van der Waals surface area contributed by atoms with E-state index in [-0.39, 0.29) is 11.3 Å². The van der Waals surface area contributed by atoms with Gasteiger partial charge in [-0.05, 0) is 49.3 Å². The van der Waals surface area contributed by atoms with Gasteiger partial charge < -0.3 is 14.4 Å². The number of nitrogens with zero attached hydrogens (tertiary/aromatic N) is 4. The molecule has 7 nitrogen and oxygen atoms in total. The van der Waals surface area contributed by atoms with Crippen molar-refractivity contribution >= 4 is 17.5 Å². The van der Waals surface area contributed by atoms with E-state index in [1.165, 1.54) is 0 Å². The standard InChI is InChI=1S/C20H26N4O3/c1-14-3-6-23-11-16(21-18(23)9-14)12-24-13-20(10-17(24)19(26)27)4-7-22(8-5-20)15(2)25/h3,6,9,11,17H,4-5,7-8,10,12-13H2,1-2H3,(H,26,27)/t17-/m1/s1. The van der Waals surface area contributed by atoms with Gasteiger partial charge >= 0.3 is 5.97 Å². The van der Waals surface area contributed by atoms with Crippen molar-refractivity contribution in [3.8, 4) is 0 Å². The Balaban J connectivity index is 1.52. The number of hydrogen-bond acceptors (Lipinski definition) is 4. The first-order valence-electron chi connectivity index (χ1n) is 9.52. The second-order valence-electron chi connectivity index (χ2n) is 8.17. The van der Waals surface area contributed by atoms with Gasteiger partial charge in [-0.1, -0.05) is 0 Å². The zero-order valence-electron chi connectivity index (χ0n) is 15.9. The van der Waals surface area contributed by atoms with Crippen LogP contribution in [0, 0.1) is 12.3 Å². The van der Waals surface area contributed by atoms with Crippen LogP contribution < -0.4 is 0 Å². The lowest BCUT2D eigenvalue weighted by atomic mass is 9.76. The molecule has 4 heterocycles. The molecule has 4 rings (SSSR count). The van der Waals surface area contributed by atoms with E-state index < -0.39 is 12.0 Å². The molecule has 2 aromatic heterocycles. The van der Waals surface area contributed by atoms with Crippen LogP contribution in [0.5, 0.6) is 0 Å². The third-order valence-corrected chi connectivity index (χ3v) is 6.19. The Morgan fingerprint density at radius 1 is 1.33 bits per heavy atom. The van der Waals surface area contributed by atoms with Gasteiger partial charge in [0, 0.05) is 45.5 Å². The molecule has 2 aromatic rings. The van der Waals surface area contributed by atoms with Crippen molar-refractivity contribution in [1.82, 2.24) is 19.2 Å². The number of aryl methyl sites for hydroxylation is 1. The van der Waals surface area contributed by atoms with E-state index in [1.54, 1.807) is 6.92 Å². The van der Waals surface area contributed by atoms with E-state index in [2.05, 4.69) is 9.88 Å². The first kappa shape index (κ1) is 18.0. The number of aromatic nitrogens is 2. The van der Waals surface area contributed by atoms with E-state index in [0.29, 0.717) is 13.0 Å². The monoisotopic (exact) mass is 370 g/mol. The van der Waals surface area contributed by atoms with Gasteiger partial charge in [0.2, 0.25) is 5.91 Å². The van der Waals surface area contributed by atoms with Crippen LogP contribution in [0.3, 0.4) is 0 Å². The maximum Gasteiger partial charge on any atom is 0.320 e. The Morgan fingerprint density at radius 3 is 2.74 bits per heavy atom. The molecule has 0 radical (unpaired) electrons. The number of amides is 1. The maximum atomic E-state index is 11.9. The van der Waals surface area contributed by atoms with E-state index >= 15 is 0 Å². The summed E-state index contributed by atoms with van der Waals surface area (Å²) in [5, 5.41) is 9.76. The zero-order valence-corrected chi connectivity index (χ0v) is 15.9. The lowest BCUT2D eigenvalue weighted by Gasteiger charge is -2.39. The van der Waals surface area contributed by atoms with E-state index in [4.69, 9.17) is 0 Å². The molecule has 1 amide bonds. The van der Waals surface area contributed by atoms with E-state index in [1.807, 2.05) is 40.8 Å². The first-order valence-corrected chi connectivity index (χ1v) is 9.52. The smallest absolute Gasteiger partial charge is 0.320 e. The predicted molar refractivity (Wildman–Crippen MR) is 100 cm³/mol. The Kier molecular flexibility index (Phi) is 4.42. The minimum atomic E-state index is -0.763. The van der Waals surface area contributed by atoms with E-state index in [0.717, 1.165) is 49.4 Å². The normalized spacial score (nSPS) is 22.6. The average Bonchev–Trinajstić information content (AvgIpc) is 3.16. The topological polar surface area (TPSA) is 78.2 Å². The third-order valence-electron chi connectivity index (χ3n) is 6.19. The minimum Gasteiger partial charge on any atom is -0.480 e. The number of carbonyl (C=O) groups excluding carboxylic acids is 1. The summed E-state index contributed by atoms with van der Waals surface area (Å²) in [4.78, 5) is 32.1. The third kappa shape index (κ3) is 3.43. The number of carboxylic acid groups (broad SMARTS) is 1. The summed E-state index contributed by atoms with van der Waals surface area (Å²) < 4.78 is 1.98. The van der Waals surface area contributed by atoms with Crippen LogP contribution in [0.1, 0.15) is 37.4 Å². The van der Waals surface area contributed by atoms with Crippen molar-refractivity contribution in [1.29, 1.82) is 0 Å². The number of carbonyl (C=O) groups is 2. The maximum absolute atomic E-state index is 11.9. The fourth-order valence-electron chi connectivity index (χ4n) is 4.63. The summed E-state index contributed by atoms with van der Waals surface area (Å²) in [7, 11) is 0. The molecule has 7 heteroatoms. The molecule has 0 saturated carbocycles. The number of hydrogen-bond donors (Lipinski definition) is 1. The van der Waals surface area contributed by atoms with Gasteiger partial charge in [-0.25, -0.2) is 4.98 Å². The second-order valence-corrected chi connectivity index (χ2v) is 8.17. The Bertz CT molecular complexity index is 882. The SMILES string of the molecule is CC(=O)N1CCC2(CC1)C[C@H](C(=O)O)N(Cc1cn3ccc(C)cc3n1)C2. The highest BCUT2D eigenvalue weighted by molar-refractivity contribution is 5.74. The molecule has 1 N–H and O–H groups in total. The Hall–Kier alpha value is -2.41. The molecule has 2 aliphatic heterocycles. The summed E-state index contributed by atoms with van der Waals surface area (Å²) in [5.74, 6) is -0.657. The molecule has 1 spiro atoms. The molecule has 0 aliphatic carbocycles. The Labute approximate surface area is 158 Å². The molecule has 2 fully saturated rings. The molecular formula is C20H26N4O3. The van der Waals surface area contributed by atoms with Crippen LogP contribution >= 0.6 is 0 Å². The number of carboxylic acids is 1. The van der Waals surface area contributed by atoms with Crippen LogP contribution in [0.15, 0.2) is 24.5 Å².